The number of morpholine rings is 1. The maximum Gasteiger partial charge on any atom is 0.336 e. The molecule has 2 atom stereocenters. The van der Waals surface area contributed by atoms with Gasteiger partial charge < -0.3 is 14.4 Å². The third-order valence-electron chi connectivity index (χ3n) is 4.91. The van der Waals surface area contributed by atoms with Crippen molar-refractivity contribution >= 4 is 28.5 Å². The molecule has 138 valence electrons. The van der Waals surface area contributed by atoms with Gasteiger partial charge in [0.25, 0.3) is 0 Å². The van der Waals surface area contributed by atoms with Crippen molar-refractivity contribution in [3.63, 3.8) is 0 Å². The number of fused-ring (bicyclic) bond motifs is 3. The van der Waals surface area contributed by atoms with Gasteiger partial charge in [-0.1, -0.05) is 12.1 Å². The second-order valence-corrected chi connectivity index (χ2v) is 6.80. The van der Waals surface area contributed by atoms with Gasteiger partial charge in [-0.25, -0.2) is 9.78 Å². The summed E-state index contributed by atoms with van der Waals surface area (Å²) in [7, 11) is 1.36. The first-order chi connectivity index (χ1) is 13.0. The zero-order valence-corrected chi connectivity index (χ0v) is 15.5. The average Bonchev–Trinajstić information content (AvgIpc) is 3.05. The number of nitrogens with zero attached hydrogens (tertiary/aromatic N) is 4. The molecular formula is C20H20N4O3. The Hall–Kier alpha value is -3.11. The Morgan fingerprint density at radius 1 is 1.37 bits per heavy atom. The Bertz CT molecular complexity index is 1080. The minimum Gasteiger partial charge on any atom is -0.467 e. The summed E-state index contributed by atoms with van der Waals surface area (Å²) < 4.78 is 12.6. The van der Waals surface area contributed by atoms with Crippen molar-refractivity contribution in [2.45, 2.75) is 26.1 Å². The van der Waals surface area contributed by atoms with Crippen LogP contribution in [0.5, 0.6) is 0 Å². The van der Waals surface area contributed by atoms with Crippen LogP contribution in [0.2, 0.25) is 0 Å². The van der Waals surface area contributed by atoms with Crippen LogP contribution >= 0.6 is 0 Å². The molecule has 3 heterocycles. The molecule has 1 aromatic carbocycles. The highest BCUT2D eigenvalue weighted by atomic mass is 16.6. The topological polar surface area (TPSA) is 79.9 Å². The highest BCUT2D eigenvalue weighted by Gasteiger charge is 2.32. The summed E-state index contributed by atoms with van der Waals surface area (Å²) in [6.45, 7) is 4.84. The molecular weight excluding hydrogens is 344 g/mol. The van der Waals surface area contributed by atoms with E-state index in [-0.39, 0.29) is 12.1 Å². The lowest BCUT2D eigenvalue weighted by molar-refractivity contribution is -0.158. The van der Waals surface area contributed by atoms with E-state index in [1.54, 1.807) is 0 Å². The highest BCUT2D eigenvalue weighted by molar-refractivity contribution is 5.85. The summed E-state index contributed by atoms with van der Waals surface area (Å²) in [4.78, 5) is 18.8. The molecule has 0 radical (unpaired) electrons. The maximum absolute atomic E-state index is 12.0. The Morgan fingerprint density at radius 3 is 2.89 bits per heavy atom. The number of carbonyl (C=O) groups is 1. The van der Waals surface area contributed by atoms with Crippen LogP contribution in [0, 0.1) is 18.3 Å². The smallest absolute Gasteiger partial charge is 0.336 e. The number of ether oxygens (including phenoxy) is 2. The summed E-state index contributed by atoms with van der Waals surface area (Å²) in [6.07, 6.45) is -0.789. The van der Waals surface area contributed by atoms with Crippen molar-refractivity contribution in [3.8, 4) is 6.07 Å². The molecule has 3 aromatic rings. The molecule has 4 rings (SSSR count). The van der Waals surface area contributed by atoms with Gasteiger partial charge in [-0.2, -0.15) is 5.26 Å². The zero-order chi connectivity index (χ0) is 19.1. The fraction of sp³-hybridized carbons (Fsp3) is 0.350. The molecule has 0 spiro atoms. The van der Waals surface area contributed by atoms with E-state index in [4.69, 9.17) is 9.47 Å². The number of carbonyl (C=O) groups excluding carboxylic acids is 1. The molecule has 27 heavy (non-hydrogen) atoms. The van der Waals surface area contributed by atoms with Gasteiger partial charge >= 0.3 is 5.97 Å². The normalized spacial score (nSPS) is 20.0. The molecule has 0 aliphatic carbocycles. The Labute approximate surface area is 156 Å². The van der Waals surface area contributed by atoms with Crippen LogP contribution in [0.3, 0.4) is 0 Å². The summed E-state index contributed by atoms with van der Waals surface area (Å²) in [5, 5.41) is 9.63. The lowest BCUT2D eigenvalue weighted by atomic mass is 10.1. The minimum absolute atomic E-state index is 0.136. The van der Waals surface area contributed by atoms with E-state index in [1.807, 2.05) is 48.6 Å². The standard InChI is InChI=1S/C20H20N4O3/c1-12-8-18(23-10-13(2)27-17(11-23)20(25)26-3)24-16-7-5-4-6-15(16)22-19(24)14(12)9-21/h4-8,13,17H,10-11H2,1-3H3/t13-,17?/m0/s1. The molecule has 1 fully saturated rings. The minimum atomic E-state index is -0.653. The number of rotatable bonds is 2. The van der Waals surface area contributed by atoms with Gasteiger partial charge in [-0.15, -0.1) is 0 Å². The third kappa shape index (κ3) is 2.78. The van der Waals surface area contributed by atoms with Crippen LogP contribution < -0.4 is 4.90 Å². The second-order valence-electron chi connectivity index (χ2n) is 6.80. The number of aryl methyl sites for hydroxylation is 1. The largest absolute Gasteiger partial charge is 0.467 e. The second kappa shape index (κ2) is 6.56. The average molecular weight is 364 g/mol. The molecule has 1 saturated heterocycles. The van der Waals surface area contributed by atoms with Crippen LogP contribution in [0.15, 0.2) is 30.3 Å². The van der Waals surface area contributed by atoms with E-state index >= 15 is 0 Å². The number of aromatic nitrogens is 2. The van der Waals surface area contributed by atoms with E-state index in [0.717, 1.165) is 22.4 Å². The summed E-state index contributed by atoms with van der Waals surface area (Å²) >= 11 is 0. The first kappa shape index (κ1) is 17.3. The fourth-order valence-corrected chi connectivity index (χ4v) is 3.70. The number of benzene rings is 1. The molecule has 0 N–H and O–H groups in total. The number of para-hydroxylation sites is 2. The number of nitriles is 1. The number of hydrogen-bond donors (Lipinski definition) is 0. The molecule has 1 aliphatic heterocycles. The molecule has 2 aromatic heterocycles. The lowest BCUT2D eigenvalue weighted by Crippen LogP contribution is -2.50. The van der Waals surface area contributed by atoms with Crippen molar-refractivity contribution in [2.75, 3.05) is 25.1 Å². The molecule has 0 saturated carbocycles. The Morgan fingerprint density at radius 2 is 2.15 bits per heavy atom. The lowest BCUT2D eigenvalue weighted by Gasteiger charge is -2.37. The first-order valence-electron chi connectivity index (χ1n) is 8.82. The maximum atomic E-state index is 12.0. The van der Waals surface area contributed by atoms with Crippen molar-refractivity contribution < 1.29 is 14.3 Å². The number of esters is 1. The number of pyridine rings is 1. The van der Waals surface area contributed by atoms with Gasteiger partial charge in [-0.3, -0.25) is 4.40 Å². The van der Waals surface area contributed by atoms with E-state index < -0.39 is 6.10 Å². The van der Waals surface area contributed by atoms with Gasteiger partial charge in [0, 0.05) is 6.54 Å². The number of imidazole rings is 1. The zero-order valence-electron chi connectivity index (χ0n) is 15.5. The Balaban J connectivity index is 1.93. The van der Waals surface area contributed by atoms with Gasteiger partial charge in [0.2, 0.25) is 0 Å². The van der Waals surface area contributed by atoms with E-state index in [1.165, 1.54) is 7.11 Å². The quantitative estimate of drug-likeness (QED) is 0.650. The number of anilines is 1. The molecule has 1 aliphatic rings. The number of methoxy groups -OCH3 is 1. The molecule has 7 nitrogen and oxygen atoms in total. The molecule has 0 amide bonds. The first-order valence-corrected chi connectivity index (χ1v) is 8.82. The van der Waals surface area contributed by atoms with E-state index in [2.05, 4.69) is 16.0 Å². The predicted molar refractivity (Wildman–Crippen MR) is 101 cm³/mol. The van der Waals surface area contributed by atoms with Gasteiger partial charge in [0.05, 0.1) is 36.4 Å². The van der Waals surface area contributed by atoms with Crippen LogP contribution in [0.1, 0.15) is 18.1 Å². The molecule has 7 heteroatoms. The van der Waals surface area contributed by atoms with Crippen molar-refractivity contribution in [1.82, 2.24) is 9.38 Å². The summed E-state index contributed by atoms with van der Waals surface area (Å²) in [6, 6.07) is 12.0. The SMILES string of the molecule is COC(=O)C1CN(c2cc(C)c(C#N)c3nc4ccccc4n23)C[C@H](C)O1. The molecule has 0 bridgehead atoms. The summed E-state index contributed by atoms with van der Waals surface area (Å²) in [5.41, 5.74) is 3.78. The Kier molecular flexibility index (Phi) is 4.21. The van der Waals surface area contributed by atoms with E-state index in [0.29, 0.717) is 24.3 Å². The highest BCUT2D eigenvalue weighted by Crippen LogP contribution is 2.30. The third-order valence-corrected chi connectivity index (χ3v) is 4.91. The van der Waals surface area contributed by atoms with Gasteiger partial charge in [0.1, 0.15) is 11.9 Å². The van der Waals surface area contributed by atoms with Crippen LogP contribution in [-0.2, 0) is 14.3 Å². The monoisotopic (exact) mass is 364 g/mol. The van der Waals surface area contributed by atoms with Crippen molar-refractivity contribution in [1.29, 1.82) is 5.26 Å². The van der Waals surface area contributed by atoms with Crippen molar-refractivity contribution in [2.24, 2.45) is 0 Å². The number of hydrogen-bond acceptors (Lipinski definition) is 6. The predicted octanol–water partition coefficient (Wildman–Crippen LogP) is 2.43. The van der Waals surface area contributed by atoms with Crippen LogP contribution in [-0.4, -0.2) is 47.8 Å². The van der Waals surface area contributed by atoms with Gasteiger partial charge in [0.15, 0.2) is 11.8 Å². The fourth-order valence-electron chi connectivity index (χ4n) is 3.70. The van der Waals surface area contributed by atoms with Crippen LogP contribution in [0.25, 0.3) is 16.7 Å². The van der Waals surface area contributed by atoms with E-state index in [9.17, 15) is 10.1 Å². The van der Waals surface area contributed by atoms with Crippen LogP contribution in [0.4, 0.5) is 5.82 Å². The van der Waals surface area contributed by atoms with Crippen molar-refractivity contribution in [3.05, 3.63) is 41.5 Å². The molecule has 1 unspecified atom stereocenters. The summed E-state index contributed by atoms with van der Waals surface area (Å²) in [5.74, 6) is 0.503. The van der Waals surface area contributed by atoms with Gasteiger partial charge in [-0.05, 0) is 37.6 Å².